The average molecular weight is 264 g/mol. The third kappa shape index (κ3) is 4.22. The van der Waals surface area contributed by atoms with Crippen LogP contribution in [-0.4, -0.2) is 30.8 Å². The van der Waals surface area contributed by atoms with Crippen LogP contribution in [0, 0.1) is 0 Å². The van der Waals surface area contributed by atoms with E-state index in [4.69, 9.17) is 0 Å². The predicted molar refractivity (Wildman–Crippen MR) is 82.7 cm³/mol. The molecule has 1 atom stereocenters. The van der Waals surface area contributed by atoms with E-state index in [2.05, 4.69) is 48.3 Å². The summed E-state index contributed by atoms with van der Waals surface area (Å²) in [7, 11) is 2.02. The van der Waals surface area contributed by atoms with Crippen molar-refractivity contribution in [1.82, 2.24) is 5.32 Å². The second kappa shape index (κ2) is 6.92. The van der Waals surface area contributed by atoms with Gasteiger partial charge in [0.25, 0.3) is 0 Å². The highest BCUT2D eigenvalue weighted by atomic mass is 16.3. The van der Waals surface area contributed by atoms with Gasteiger partial charge < -0.3 is 15.3 Å². The minimum atomic E-state index is -0.242. The van der Waals surface area contributed by atoms with Crippen molar-refractivity contribution in [3.05, 3.63) is 29.8 Å². The maximum Gasteiger partial charge on any atom is 0.0658 e. The highest BCUT2D eigenvalue weighted by Gasteiger charge is 2.22. The quantitative estimate of drug-likeness (QED) is 0.795. The van der Waals surface area contributed by atoms with Crippen LogP contribution in [0.25, 0.3) is 0 Å². The lowest BCUT2D eigenvalue weighted by atomic mass is 10.0. The number of rotatable bonds is 7. The van der Waals surface area contributed by atoms with Gasteiger partial charge in [0.15, 0.2) is 0 Å². The molecule has 0 radical (unpaired) electrons. The Hall–Kier alpha value is -1.06. The minimum absolute atomic E-state index is 0.139. The van der Waals surface area contributed by atoms with Gasteiger partial charge in [-0.15, -0.1) is 0 Å². The van der Waals surface area contributed by atoms with Crippen molar-refractivity contribution in [3.63, 3.8) is 0 Å². The monoisotopic (exact) mass is 264 g/mol. The van der Waals surface area contributed by atoms with E-state index >= 15 is 0 Å². The molecule has 108 valence electrons. The van der Waals surface area contributed by atoms with Crippen LogP contribution >= 0.6 is 0 Å². The average Bonchev–Trinajstić information content (AvgIpc) is 2.44. The molecule has 2 N–H and O–H groups in total. The van der Waals surface area contributed by atoms with E-state index in [9.17, 15) is 5.11 Å². The van der Waals surface area contributed by atoms with Crippen LogP contribution in [0.15, 0.2) is 24.3 Å². The van der Waals surface area contributed by atoms with Crippen molar-refractivity contribution < 1.29 is 5.11 Å². The third-order valence-corrected chi connectivity index (χ3v) is 3.78. The van der Waals surface area contributed by atoms with Gasteiger partial charge in [-0.3, -0.25) is 0 Å². The number of hydrogen-bond donors (Lipinski definition) is 2. The van der Waals surface area contributed by atoms with Crippen LogP contribution < -0.4 is 10.2 Å². The Morgan fingerprint density at radius 2 is 1.84 bits per heavy atom. The molecule has 1 rings (SSSR count). The first-order valence-electron chi connectivity index (χ1n) is 7.10. The van der Waals surface area contributed by atoms with Gasteiger partial charge in [-0.25, -0.2) is 0 Å². The first-order chi connectivity index (χ1) is 8.92. The molecule has 0 saturated carbocycles. The van der Waals surface area contributed by atoms with Crippen molar-refractivity contribution in [2.24, 2.45) is 0 Å². The molecule has 3 heteroatoms. The Labute approximate surface area is 117 Å². The van der Waals surface area contributed by atoms with E-state index < -0.39 is 0 Å². The molecule has 0 aliphatic heterocycles. The SMILES string of the molecule is CCCNC(C)c1ccc(N(C)C(C)(C)CO)cc1. The molecule has 19 heavy (non-hydrogen) atoms. The van der Waals surface area contributed by atoms with Gasteiger partial charge in [0.2, 0.25) is 0 Å². The van der Waals surface area contributed by atoms with E-state index in [1.165, 1.54) is 5.56 Å². The van der Waals surface area contributed by atoms with E-state index in [0.717, 1.165) is 18.7 Å². The largest absolute Gasteiger partial charge is 0.394 e. The molecular weight excluding hydrogens is 236 g/mol. The number of anilines is 1. The molecular formula is C16H28N2O. The van der Waals surface area contributed by atoms with Crippen LogP contribution in [0.5, 0.6) is 0 Å². The van der Waals surface area contributed by atoms with Crippen LogP contribution in [0.2, 0.25) is 0 Å². The van der Waals surface area contributed by atoms with Crippen LogP contribution in [-0.2, 0) is 0 Å². The lowest BCUT2D eigenvalue weighted by Crippen LogP contribution is -2.44. The highest BCUT2D eigenvalue weighted by molar-refractivity contribution is 5.49. The number of benzene rings is 1. The maximum atomic E-state index is 9.41. The fraction of sp³-hybridized carbons (Fsp3) is 0.625. The Morgan fingerprint density at radius 3 is 2.32 bits per heavy atom. The van der Waals surface area contributed by atoms with Gasteiger partial charge in [0.1, 0.15) is 0 Å². The van der Waals surface area contributed by atoms with E-state index in [0.29, 0.717) is 6.04 Å². The van der Waals surface area contributed by atoms with E-state index in [-0.39, 0.29) is 12.1 Å². The van der Waals surface area contributed by atoms with Gasteiger partial charge in [0.05, 0.1) is 12.1 Å². The van der Waals surface area contributed by atoms with Gasteiger partial charge in [-0.2, -0.15) is 0 Å². The van der Waals surface area contributed by atoms with Gasteiger partial charge in [-0.05, 0) is 51.4 Å². The summed E-state index contributed by atoms with van der Waals surface area (Å²) < 4.78 is 0. The van der Waals surface area contributed by atoms with Crippen LogP contribution in [0.4, 0.5) is 5.69 Å². The first kappa shape index (κ1) is 16.0. The molecule has 1 aromatic carbocycles. The van der Waals surface area contributed by atoms with Gasteiger partial charge in [-0.1, -0.05) is 19.1 Å². The summed E-state index contributed by atoms with van der Waals surface area (Å²) >= 11 is 0. The summed E-state index contributed by atoms with van der Waals surface area (Å²) in [5.74, 6) is 0. The van der Waals surface area contributed by atoms with Crippen molar-refractivity contribution >= 4 is 5.69 Å². The Morgan fingerprint density at radius 1 is 1.26 bits per heavy atom. The molecule has 3 nitrogen and oxygen atoms in total. The fourth-order valence-electron chi connectivity index (χ4n) is 1.92. The molecule has 0 fully saturated rings. The minimum Gasteiger partial charge on any atom is -0.394 e. The molecule has 0 amide bonds. The molecule has 1 unspecified atom stereocenters. The standard InChI is InChI=1S/C16H28N2O/c1-6-11-17-13(2)14-7-9-15(10-8-14)18(5)16(3,4)12-19/h7-10,13,17,19H,6,11-12H2,1-5H3. The second-order valence-corrected chi connectivity index (χ2v) is 5.80. The summed E-state index contributed by atoms with van der Waals surface area (Å²) in [6, 6.07) is 8.94. The van der Waals surface area contributed by atoms with Crippen LogP contribution in [0.1, 0.15) is 45.7 Å². The summed E-state index contributed by atoms with van der Waals surface area (Å²) in [6.07, 6.45) is 1.15. The Balaban J connectivity index is 2.76. The molecule has 0 spiro atoms. The Kier molecular flexibility index (Phi) is 5.83. The third-order valence-electron chi connectivity index (χ3n) is 3.78. The van der Waals surface area contributed by atoms with Crippen molar-refractivity contribution in [2.45, 2.75) is 45.7 Å². The van der Waals surface area contributed by atoms with Gasteiger partial charge in [0, 0.05) is 18.8 Å². The van der Waals surface area contributed by atoms with Crippen molar-refractivity contribution in [1.29, 1.82) is 0 Å². The van der Waals surface area contributed by atoms with Crippen molar-refractivity contribution in [3.8, 4) is 0 Å². The molecule has 0 aromatic heterocycles. The predicted octanol–water partition coefficient (Wildman–Crippen LogP) is 2.95. The molecule has 0 aliphatic carbocycles. The zero-order chi connectivity index (χ0) is 14.5. The topological polar surface area (TPSA) is 35.5 Å². The zero-order valence-corrected chi connectivity index (χ0v) is 12.9. The number of aliphatic hydroxyl groups is 1. The second-order valence-electron chi connectivity index (χ2n) is 5.80. The molecule has 0 aliphatic rings. The van der Waals surface area contributed by atoms with Crippen molar-refractivity contribution in [2.75, 3.05) is 25.1 Å². The van der Waals surface area contributed by atoms with E-state index in [1.807, 2.05) is 20.9 Å². The smallest absolute Gasteiger partial charge is 0.0658 e. The van der Waals surface area contributed by atoms with Crippen LogP contribution in [0.3, 0.4) is 0 Å². The summed E-state index contributed by atoms with van der Waals surface area (Å²) in [4.78, 5) is 2.11. The fourth-order valence-corrected chi connectivity index (χ4v) is 1.92. The number of aliphatic hydroxyl groups excluding tert-OH is 1. The number of hydrogen-bond acceptors (Lipinski definition) is 3. The summed E-state index contributed by atoms with van der Waals surface area (Å²) in [5.41, 5.74) is 2.19. The van der Waals surface area contributed by atoms with E-state index in [1.54, 1.807) is 0 Å². The summed E-state index contributed by atoms with van der Waals surface area (Å²) in [5, 5.41) is 12.9. The lowest BCUT2D eigenvalue weighted by Gasteiger charge is -2.36. The number of likely N-dealkylation sites (N-methyl/N-ethyl adjacent to an activating group) is 1. The zero-order valence-electron chi connectivity index (χ0n) is 12.9. The molecule has 1 aromatic rings. The number of nitrogens with zero attached hydrogens (tertiary/aromatic N) is 1. The first-order valence-corrected chi connectivity index (χ1v) is 7.10. The number of nitrogens with one attached hydrogen (secondary N) is 1. The highest BCUT2D eigenvalue weighted by Crippen LogP contribution is 2.23. The molecule has 0 heterocycles. The van der Waals surface area contributed by atoms with Gasteiger partial charge >= 0.3 is 0 Å². The molecule has 0 saturated heterocycles. The maximum absolute atomic E-state index is 9.41. The normalized spacial score (nSPS) is 13.4. The Bertz CT molecular complexity index is 373. The summed E-state index contributed by atoms with van der Waals surface area (Å²) in [6.45, 7) is 9.61. The lowest BCUT2D eigenvalue weighted by molar-refractivity contribution is 0.216. The molecule has 0 bridgehead atoms.